The summed E-state index contributed by atoms with van der Waals surface area (Å²) in [5, 5.41) is 11.4. The van der Waals surface area contributed by atoms with Gasteiger partial charge in [0.05, 0.1) is 5.69 Å². The number of nitrogens with zero attached hydrogens (tertiary/aromatic N) is 3. The Balaban J connectivity index is 1.64. The van der Waals surface area contributed by atoms with Crippen molar-refractivity contribution in [2.75, 3.05) is 13.1 Å². The van der Waals surface area contributed by atoms with E-state index in [0.717, 1.165) is 24.2 Å². The number of hydrogen-bond acceptors (Lipinski definition) is 4. The average molecular weight is 389 g/mol. The number of rotatable bonds is 3. The first-order valence-electron chi connectivity index (χ1n) is 9.53. The van der Waals surface area contributed by atoms with Crippen LogP contribution in [0, 0.1) is 5.82 Å². The van der Waals surface area contributed by atoms with Crippen LogP contribution in [0.1, 0.15) is 29.5 Å². The monoisotopic (exact) mass is 389 g/mol. The maximum Gasteiger partial charge on any atom is 0.137 e. The summed E-state index contributed by atoms with van der Waals surface area (Å²) in [6.45, 7) is 4.56. The Kier molecular flexibility index (Phi) is 4.41. The first kappa shape index (κ1) is 17.5. The molecule has 5 heteroatoms. The highest BCUT2D eigenvalue weighted by Crippen LogP contribution is 2.38. The van der Waals surface area contributed by atoms with Crippen LogP contribution in [0.4, 0.5) is 4.39 Å². The molecule has 0 spiro atoms. The van der Waals surface area contributed by atoms with Crippen molar-refractivity contribution >= 4 is 21.4 Å². The van der Waals surface area contributed by atoms with Crippen LogP contribution in [0.3, 0.4) is 0 Å². The third kappa shape index (κ3) is 2.91. The molecular formula is C23H20FN3S. The number of halogens is 1. The van der Waals surface area contributed by atoms with Crippen LogP contribution < -0.4 is 0 Å². The molecule has 4 aromatic rings. The normalized spacial score (nSPS) is 17.0. The van der Waals surface area contributed by atoms with Gasteiger partial charge >= 0.3 is 0 Å². The number of thiophene rings is 1. The first-order valence-corrected chi connectivity index (χ1v) is 10.4. The van der Waals surface area contributed by atoms with Crippen molar-refractivity contribution in [1.82, 2.24) is 15.1 Å². The summed E-state index contributed by atoms with van der Waals surface area (Å²) in [4.78, 5) is 2.31. The van der Waals surface area contributed by atoms with Crippen molar-refractivity contribution in [3.05, 3.63) is 82.6 Å². The lowest BCUT2D eigenvalue weighted by Crippen LogP contribution is -2.34. The molecule has 0 amide bonds. The Bertz CT molecular complexity index is 1140. The highest BCUT2D eigenvalue weighted by molar-refractivity contribution is 7.17. The van der Waals surface area contributed by atoms with Gasteiger partial charge in [0.1, 0.15) is 5.82 Å². The second-order valence-electron chi connectivity index (χ2n) is 7.20. The van der Waals surface area contributed by atoms with Gasteiger partial charge < -0.3 is 0 Å². The highest BCUT2D eigenvalue weighted by Gasteiger charge is 2.29. The van der Waals surface area contributed by atoms with E-state index in [1.165, 1.54) is 15.6 Å². The van der Waals surface area contributed by atoms with Gasteiger partial charge in [0.15, 0.2) is 0 Å². The van der Waals surface area contributed by atoms with Crippen molar-refractivity contribution in [2.45, 2.75) is 19.4 Å². The molecule has 2 aromatic heterocycles. The van der Waals surface area contributed by atoms with E-state index >= 15 is 4.39 Å². The Morgan fingerprint density at radius 1 is 1.18 bits per heavy atom. The van der Waals surface area contributed by atoms with Gasteiger partial charge in [0.25, 0.3) is 0 Å². The summed E-state index contributed by atoms with van der Waals surface area (Å²) < 4.78 is 16.8. The van der Waals surface area contributed by atoms with Gasteiger partial charge in [-0.05, 0) is 58.8 Å². The molecule has 0 bridgehead atoms. The molecule has 1 atom stereocenters. The van der Waals surface area contributed by atoms with Gasteiger partial charge in [0, 0.05) is 41.0 Å². The fourth-order valence-corrected chi connectivity index (χ4v) is 4.96. The zero-order valence-electron chi connectivity index (χ0n) is 15.6. The predicted molar refractivity (Wildman–Crippen MR) is 112 cm³/mol. The van der Waals surface area contributed by atoms with E-state index in [0.29, 0.717) is 17.8 Å². The molecule has 3 heterocycles. The lowest BCUT2D eigenvalue weighted by Gasteiger charge is -2.35. The SMILES string of the molecule is CCN1Cc2c(ccc(-c3cccnn3)c2F)C(c2ccc3ccsc3c2)C1. The summed E-state index contributed by atoms with van der Waals surface area (Å²) in [5.74, 6) is -0.000964. The molecule has 0 radical (unpaired) electrons. The first-order chi connectivity index (χ1) is 13.7. The Morgan fingerprint density at radius 3 is 2.93 bits per heavy atom. The summed E-state index contributed by atoms with van der Waals surface area (Å²) >= 11 is 1.75. The maximum absolute atomic E-state index is 15.5. The summed E-state index contributed by atoms with van der Waals surface area (Å²) in [5.41, 5.74) is 4.23. The maximum atomic E-state index is 15.5. The van der Waals surface area contributed by atoms with Gasteiger partial charge in [-0.1, -0.05) is 25.1 Å². The quantitative estimate of drug-likeness (QED) is 0.466. The standard InChI is InChI=1S/C23H20FN3S/c1-2-27-13-19(16-6-5-15-9-11-28-22(15)12-16)17-7-8-18(23(24)20(17)14-27)21-4-3-10-25-26-21/h3-12,19H,2,13-14H2,1H3. The van der Waals surface area contributed by atoms with Crippen LogP contribution >= 0.6 is 11.3 Å². The van der Waals surface area contributed by atoms with E-state index in [4.69, 9.17) is 0 Å². The van der Waals surface area contributed by atoms with E-state index in [-0.39, 0.29) is 11.7 Å². The van der Waals surface area contributed by atoms with Crippen molar-refractivity contribution in [3.63, 3.8) is 0 Å². The van der Waals surface area contributed by atoms with Crippen LogP contribution in [0.5, 0.6) is 0 Å². The largest absolute Gasteiger partial charge is 0.298 e. The molecule has 0 fully saturated rings. The molecule has 1 aliphatic rings. The van der Waals surface area contributed by atoms with Crippen LogP contribution in [0.15, 0.2) is 60.1 Å². The van der Waals surface area contributed by atoms with Crippen LogP contribution in [0.25, 0.3) is 21.3 Å². The van der Waals surface area contributed by atoms with Crippen molar-refractivity contribution in [2.24, 2.45) is 0 Å². The number of benzene rings is 2. The molecule has 2 aromatic carbocycles. The number of aromatic nitrogens is 2. The molecule has 28 heavy (non-hydrogen) atoms. The molecule has 0 aliphatic carbocycles. The van der Waals surface area contributed by atoms with Gasteiger partial charge in [-0.2, -0.15) is 10.2 Å². The van der Waals surface area contributed by atoms with E-state index in [1.807, 2.05) is 6.07 Å². The van der Waals surface area contributed by atoms with E-state index in [9.17, 15) is 0 Å². The molecule has 1 aliphatic heterocycles. The van der Waals surface area contributed by atoms with Gasteiger partial charge in [-0.3, -0.25) is 4.90 Å². The van der Waals surface area contributed by atoms with E-state index in [1.54, 1.807) is 29.7 Å². The summed E-state index contributed by atoms with van der Waals surface area (Å²) in [7, 11) is 0. The predicted octanol–water partition coefficient (Wildman–Crippen LogP) is 5.46. The van der Waals surface area contributed by atoms with Gasteiger partial charge in [0.2, 0.25) is 0 Å². The smallest absolute Gasteiger partial charge is 0.137 e. The number of fused-ring (bicyclic) bond motifs is 2. The van der Waals surface area contributed by atoms with Gasteiger partial charge in [-0.15, -0.1) is 11.3 Å². The number of hydrogen-bond donors (Lipinski definition) is 0. The third-order valence-electron chi connectivity index (χ3n) is 5.66. The zero-order chi connectivity index (χ0) is 19.1. The van der Waals surface area contributed by atoms with Crippen LogP contribution in [-0.2, 0) is 6.54 Å². The Labute approximate surface area is 167 Å². The Hall–Kier alpha value is -2.63. The average Bonchev–Trinajstić information content (AvgIpc) is 3.22. The second-order valence-corrected chi connectivity index (χ2v) is 8.15. The fourth-order valence-electron chi connectivity index (χ4n) is 4.12. The minimum absolute atomic E-state index is 0.167. The topological polar surface area (TPSA) is 29.0 Å². The van der Waals surface area contributed by atoms with Crippen LogP contribution in [-0.4, -0.2) is 28.2 Å². The van der Waals surface area contributed by atoms with Gasteiger partial charge in [-0.25, -0.2) is 4.39 Å². The molecule has 140 valence electrons. The van der Waals surface area contributed by atoms with Crippen molar-refractivity contribution in [3.8, 4) is 11.3 Å². The van der Waals surface area contributed by atoms with Crippen molar-refractivity contribution < 1.29 is 4.39 Å². The lowest BCUT2D eigenvalue weighted by atomic mass is 9.83. The fraction of sp³-hybridized carbons (Fsp3) is 0.217. The molecule has 0 saturated heterocycles. The van der Waals surface area contributed by atoms with Crippen LogP contribution in [0.2, 0.25) is 0 Å². The van der Waals surface area contributed by atoms with Crippen molar-refractivity contribution in [1.29, 1.82) is 0 Å². The number of likely N-dealkylation sites (N-methyl/N-ethyl adjacent to an activating group) is 1. The molecule has 3 nitrogen and oxygen atoms in total. The molecule has 0 N–H and O–H groups in total. The highest BCUT2D eigenvalue weighted by atomic mass is 32.1. The molecule has 0 saturated carbocycles. The molecule has 5 rings (SSSR count). The third-order valence-corrected chi connectivity index (χ3v) is 6.54. The minimum atomic E-state index is -0.168. The Morgan fingerprint density at radius 2 is 2.11 bits per heavy atom. The zero-order valence-corrected chi connectivity index (χ0v) is 16.4. The molecule has 1 unspecified atom stereocenters. The lowest BCUT2D eigenvalue weighted by molar-refractivity contribution is 0.248. The minimum Gasteiger partial charge on any atom is -0.298 e. The second kappa shape index (κ2) is 7.08. The molecular weight excluding hydrogens is 369 g/mol. The van der Waals surface area contributed by atoms with E-state index < -0.39 is 0 Å². The van der Waals surface area contributed by atoms with E-state index in [2.05, 4.69) is 57.7 Å². The summed E-state index contributed by atoms with van der Waals surface area (Å²) in [6.07, 6.45) is 1.61. The summed E-state index contributed by atoms with van der Waals surface area (Å²) in [6, 6.07) is 16.3.